The van der Waals surface area contributed by atoms with Crippen molar-refractivity contribution in [2.24, 2.45) is 11.7 Å². The van der Waals surface area contributed by atoms with Gasteiger partial charge in [-0.05, 0) is 47.0 Å². The fourth-order valence-corrected chi connectivity index (χ4v) is 2.32. The number of nitrogens with one attached hydrogen (secondary N) is 1. The van der Waals surface area contributed by atoms with Crippen LogP contribution in [0.5, 0.6) is 0 Å². The molecule has 6 nitrogen and oxygen atoms in total. The van der Waals surface area contributed by atoms with Crippen LogP contribution < -0.4 is 11.1 Å². The average molecular weight is 286 g/mol. The lowest BCUT2D eigenvalue weighted by Crippen LogP contribution is -2.52. The van der Waals surface area contributed by atoms with E-state index in [4.69, 9.17) is 15.2 Å². The molecular weight excluding hydrogens is 260 g/mol. The van der Waals surface area contributed by atoms with Crippen LogP contribution in [0, 0.1) is 5.92 Å². The lowest BCUT2D eigenvalue weighted by atomic mass is 9.83. The van der Waals surface area contributed by atoms with E-state index in [1.807, 2.05) is 20.8 Å². The Morgan fingerprint density at radius 2 is 1.95 bits per heavy atom. The smallest absolute Gasteiger partial charge is 0.407 e. The molecule has 1 saturated carbocycles. The van der Waals surface area contributed by atoms with Gasteiger partial charge in [-0.1, -0.05) is 0 Å². The van der Waals surface area contributed by atoms with Gasteiger partial charge < -0.3 is 20.5 Å². The summed E-state index contributed by atoms with van der Waals surface area (Å²) in [5.74, 6) is -0.361. The van der Waals surface area contributed by atoms with Gasteiger partial charge in [0.25, 0.3) is 0 Å². The van der Waals surface area contributed by atoms with E-state index in [-0.39, 0.29) is 24.0 Å². The second-order valence-electron chi connectivity index (χ2n) is 6.18. The highest BCUT2D eigenvalue weighted by molar-refractivity contribution is 5.73. The number of alkyl carbamates (subject to hydrolysis) is 1. The van der Waals surface area contributed by atoms with Gasteiger partial charge >= 0.3 is 12.1 Å². The molecule has 3 atom stereocenters. The number of ether oxygens (including phenoxy) is 2. The molecule has 0 heterocycles. The molecule has 0 radical (unpaired) electrons. The van der Waals surface area contributed by atoms with Gasteiger partial charge in [0.15, 0.2) is 0 Å². The van der Waals surface area contributed by atoms with Crippen molar-refractivity contribution in [3.05, 3.63) is 0 Å². The first-order valence-electron chi connectivity index (χ1n) is 7.14. The fraction of sp³-hybridized carbons (Fsp3) is 0.857. The van der Waals surface area contributed by atoms with Gasteiger partial charge in [-0.3, -0.25) is 4.79 Å². The Labute approximate surface area is 120 Å². The number of amides is 1. The Balaban J connectivity index is 2.45. The highest BCUT2D eigenvalue weighted by Gasteiger charge is 2.34. The van der Waals surface area contributed by atoms with Crippen LogP contribution in [0.1, 0.15) is 47.0 Å². The maximum atomic E-state index is 11.7. The van der Waals surface area contributed by atoms with Crippen molar-refractivity contribution in [1.29, 1.82) is 0 Å². The van der Waals surface area contributed by atoms with Gasteiger partial charge in [0.1, 0.15) is 5.60 Å². The van der Waals surface area contributed by atoms with Crippen molar-refractivity contribution in [3.63, 3.8) is 0 Å². The van der Waals surface area contributed by atoms with E-state index in [1.165, 1.54) is 0 Å². The lowest BCUT2D eigenvalue weighted by Gasteiger charge is -2.33. The number of hydrogen-bond acceptors (Lipinski definition) is 5. The van der Waals surface area contributed by atoms with Crippen molar-refractivity contribution < 1.29 is 19.1 Å². The molecule has 20 heavy (non-hydrogen) atoms. The van der Waals surface area contributed by atoms with Gasteiger partial charge in [-0.15, -0.1) is 0 Å². The third-order valence-corrected chi connectivity index (χ3v) is 3.22. The number of rotatable bonds is 3. The van der Waals surface area contributed by atoms with Gasteiger partial charge in [0.2, 0.25) is 0 Å². The standard InChI is InChI=1S/C14H26N2O4/c1-5-19-12(17)9-6-7-11(10(15)8-9)16-13(18)20-14(2,3)4/h9-11H,5-8,15H2,1-4H3,(H,16,18)/t9-,10-,11+/m1/s1. The van der Waals surface area contributed by atoms with Gasteiger partial charge in [-0.25, -0.2) is 4.79 Å². The minimum absolute atomic E-state index is 0.157. The monoisotopic (exact) mass is 286 g/mol. The number of esters is 1. The first-order valence-corrected chi connectivity index (χ1v) is 7.14. The lowest BCUT2D eigenvalue weighted by molar-refractivity contribution is -0.149. The molecule has 1 aliphatic rings. The topological polar surface area (TPSA) is 90.6 Å². The fourth-order valence-electron chi connectivity index (χ4n) is 2.32. The predicted molar refractivity (Wildman–Crippen MR) is 75.1 cm³/mol. The molecule has 0 saturated heterocycles. The molecule has 0 aromatic carbocycles. The normalized spacial score (nSPS) is 26.8. The molecule has 0 spiro atoms. The summed E-state index contributed by atoms with van der Waals surface area (Å²) in [6.07, 6.45) is 1.39. The van der Waals surface area contributed by atoms with Crippen LogP contribution in [0.2, 0.25) is 0 Å². The molecule has 0 aromatic rings. The third kappa shape index (κ3) is 5.36. The van der Waals surface area contributed by atoms with Gasteiger partial charge in [0.05, 0.1) is 12.5 Å². The SMILES string of the molecule is CCOC(=O)[C@@H]1CC[C@H](NC(=O)OC(C)(C)C)[C@H](N)C1. The molecule has 0 bridgehead atoms. The summed E-state index contributed by atoms with van der Waals surface area (Å²) >= 11 is 0. The van der Waals surface area contributed by atoms with Crippen LogP contribution in [0.25, 0.3) is 0 Å². The summed E-state index contributed by atoms with van der Waals surface area (Å²) in [6.45, 7) is 7.59. The molecule has 0 aliphatic heterocycles. The highest BCUT2D eigenvalue weighted by atomic mass is 16.6. The van der Waals surface area contributed by atoms with E-state index < -0.39 is 11.7 Å². The summed E-state index contributed by atoms with van der Waals surface area (Å²) in [5, 5.41) is 2.78. The largest absolute Gasteiger partial charge is 0.466 e. The zero-order valence-corrected chi connectivity index (χ0v) is 12.8. The molecule has 0 unspecified atom stereocenters. The quantitative estimate of drug-likeness (QED) is 0.768. The van der Waals surface area contributed by atoms with Crippen molar-refractivity contribution in [2.75, 3.05) is 6.61 Å². The number of carbonyl (C=O) groups is 2. The second-order valence-corrected chi connectivity index (χ2v) is 6.18. The van der Waals surface area contributed by atoms with Crippen molar-refractivity contribution in [3.8, 4) is 0 Å². The summed E-state index contributed by atoms with van der Waals surface area (Å²) < 4.78 is 10.2. The number of carbonyl (C=O) groups excluding carboxylic acids is 2. The first kappa shape index (κ1) is 16.8. The number of nitrogens with two attached hydrogens (primary N) is 1. The van der Waals surface area contributed by atoms with Gasteiger partial charge in [-0.2, -0.15) is 0 Å². The molecule has 1 amide bonds. The molecule has 1 aliphatic carbocycles. The van der Waals surface area contributed by atoms with Crippen LogP contribution in [0.3, 0.4) is 0 Å². The summed E-state index contributed by atoms with van der Waals surface area (Å²) in [7, 11) is 0. The summed E-state index contributed by atoms with van der Waals surface area (Å²) in [6, 6.07) is -0.416. The van der Waals surface area contributed by atoms with Crippen LogP contribution in [-0.4, -0.2) is 36.4 Å². The Bertz CT molecular complexity index is 352. The average Bonchev–Trinajstić information content (AvgIpc) is 2.29. The maximum absolute atomic E-state index is 11.7. The van der Waals surface area contributed by atoms with E-state index in [0.29, 0.717) is 25.9 Å². The van der Waals surface area contributed by atoms with E-state index in [1.54, 1.807) is 6.92 Å². The predicted octanol–water partition coefficient (Wildman–Crippen LogP) is 1.57. The molecular formula is C14H26N2O4. The van der Waals surface area contributed by atoms with E-state index >= 15 is 0 Å². The zero-order chi connectivity index (χ0) is 15.3. The molecule has 3 N–H and O–H groups in total. The minimum atomic E-state index is -0.531. The van der Waals surface area contributed by atoms with Crippen molar-refractivity contribution in [2.45, 2.75) is 64.6 Å². The number of hydrogen-bond donors (Lipinski definition) is 2. The Morgan fingerprint density at radius 1 is 1.30 bits per heavy atom. The van der Waals surface area contributed by atoms with Crippen molar-refractivity contribution >= 4 is 12.1 Å². The first-order chi connectivity index (χ1) is 9.23. The van der Waals surface area contributed by atoms with Crippen LogP contribution in [0.15, 0.2) is 0 Å². The van der Waals surface area contributed by atoms with Crippen LogP contribution in [-0.2, 0) is 14.3 Å². The maximum Gasteiger partial charge on any atom is 0.407 e. The Kier molecular flexibility index (Phi) is 5.80. The van der Waals surface area contributed by atoms with Gasteiger partial charge in [0, 0.05) is 12.1 Å². The minimum Gasteiger partial charge on any atom is -0.466 e. The molecule has 1 fully saturated rings. The second kappa shape index (κ2) is 6.92. The summed E-state index contributed by atoms with van der Waals surface area (Å²) in [5.41, 5.74) is 5.51. The zero-order valence-electron chi connectivity index (χ0n) is 12.8. The Morgan fingerprint density at radius 3 is 2.45 bits per heavy atom. The third-order valence-electron chi connectivity index (χ3n) is 3.22. The molecule has 6 heteroatoms. The van der Waals surface area contributed by atoms with Crippen LogP contribution >= 0.6 is 0 Å². The summed E-state index contributed by atoms with van der Waals surface area (Å²) in [4.78, 5) is 23.4. The highest BCUT2D eigenvalue weighted by Crippen LogP contribution is 2.25. The van der Waals surface area contributed by atoms with Crippen LogP contribution in [0.4, 0.5) is 4.79 Å². The molecule has 0 aromatic heterocycles. The molecule has 116 valence electrons. The molecule has 1 rings (SSSR count). The Hall–Kier alpha value is -1.30. The van der Waals surface area contributed by atoms with Crippen molar-refractivity contribution in [1.82, 2.24) is 5.32 Å². The van der Waals surface area contributed by atoms with E-state index in [9.17, 15) is 9.59 Å². The van der Waals surface area contributed by atoms with E-state index in [0.717, 1.165) is 0 Å². The van der Waals surface area contributed by atoms with E-state index in [2.05, 4.69) is 5.32 Å².